The van der Waals surface area contributed by atoms with Gasteiger partial charge in [-0.2, -0.15) is 0 Å². The molecule has 1 aromatic heterocycles. The Balaban J connectivity index is 2.13. The number of ether oxygens (including phenoxy) is 1. The first-order valence-electron chi connectivity index (χ1n) is 6.75. The number of aromatic nitrogens is 3. The van der Waals surface area contributed by atoms with Crippen LogP contribution in [0.3, 0.4) is 0 Å². The van der Waals surface area contributed by atoms with Gasteiger partial charge >= 0.3 is 5.69 Å². The van der Waals surface area contributed by atoms with Crippen LogP contribution in [0.15, 0.2) is 28.2 Å². The lowest BCUT2D eigenvalue weighted by atomic mass is 10.1. The fourth-order valence-corrected chi connectivity index (χ4v) is 3.08. The van der Waals surface area contributed by atoms with Crippen molar-refractivity contribution in [2.45, 2.75) is 31.6 Å². The van der Waals surface area contributed by atoms with Gasteiger partial charge in [0.1, 0.15) is 5.75 Å². The number of nitrogens with zero attached hydrogens (tertiary/aromatic N) is 2. The Morgan fingerprint density at radius 3 is 2.95 bits per heavy atom. The maximum Gasteiger partial charge on any atom is 0.343 e. The first-order chi connectivity index (χ1) is 10.1. The molecule has 0 saturated carbocycles. The van der Waals surface area contributed by atoms with Crippen LogP contribution in [0.2, 0.25) is 0 Å². The van der Waals surface area contributed by atoms with Crippen molar-refractivity contribution in [1.82, 2.24) is 14.8 Å². The van der Waals surface area contributed by atoms with Gasteiger partial charge < -0.3 is 10.5 Å². The van der Waals surface area contributed by atoms with Crippen LogP contribution in [0.5, 0.6) is 5.75 Å². The summed E-state index contributed by atoms with van der Waals surface area (Å²) in [5, 5.41) is 7.13. The van der Waals surface area contributed by atoms with Crippen molar-refractivity contribution in [3.05, 3.63) is 39.8 Å². The van der Waals surface area contributed by atoms with E-state index in [4.69, 9.17) is 10.5 Å². The van der Waals surface area contributed by atoms with Crippen LogP contribution in [0.25, 0.3) is 0 Å². The molecule has 0 radical (unpaired) electrons. The van der Waals surface area contributed by atoms with Gasteiger partial charge in [0.15, 0.2) is 5.16 Å². The van der Waals surface area contributed by atoms with Gasteiger partial charge in [0.05, 0.1) is 7.11 Å². The lowest BCUT2D eigenvalue weighted by molar-refractivity contribution is 0.407. The van der Waals surface area contributed by atoms with Crippen LogP contribution in [0.4, 0.5) is 0 Å². The molecule has 1 atom stereocenters. The number of aromatic amines is 1. The molecule has 2 aromatic rings. The minimum Gasteiger partial charge on any atom is -0.496 e. The number of rotatable bonds is 6. The third-order valence-electron chi connectivity index (χ3n) is 3.22. The van der Waals surface area contributed by atoms with Gasteiger partial charge in [-0.3, -0.25) is 4.57 Å². The third-order valence-corrected chi connectivity index (χ3v) is 4.31. The Hall–Kier alpha value is -1.73. The molecule has 114 valence electrons. The normalized spacial score (nSPS) is 12.4. The Labute approximate surface area is 127 Å². The zero-order chi connectivity index (χ0) is 15.4. The van der Waals surface area contributed by atoms with Crippen LogP contribution in [0, 0.1) is 6.92 Å². The minimum absolute atomic E-state index is 0.193. The maximum atomic E-state index is 11.5. The van der Waals surface area contributed by atoms with Crippen molar-refractivity contribution in [1.29, 1.82) is 0 Å². The van der Waals surface area contributed by atoms with E-state index in [9.17, 15) is 4.79 Å². The molecular formula is C14H20N4O2S. The van der Waals surface area contributed by atoms with E-state index in [0.29, 0.717) is 17.5 Å². The maximum absolute atomic E-state index is 11.5. The van der Waals surface area contributed by atoms with Gasteiger partial charge in [-0.25, -0.2) is 9.89 Å². The number of benzene rings is 1. The van der Waals surface area contributed by atoms with Gasteiger partial charge in [-0.1, -0.05) is 29.5 Å². The Morgan fingerprint density at radius 2 is 2.29 bits per heavy atom. The molecule has 1 heterocycles. The summed E-state index contributed by atoms with van der Waals surface area (Å²) in [7, 11) is 1.64. The average molecular weight is 308 g/mol. The number of aryl methyl sites for hydroxylation is 1. The molecule has 0 bridgehead atoms. The molecule has 3 N–H and O–H groups in total. The highest BCUT2D eigenvalue weighted by Crippen LogP contribution is 2.28. The second kappa shape index (κ2) is 6.82. The van der Waals surface area contributed by atoms with Crippen LogP contribution >= 0.6 is 11.8 Å². The highest BCUT2D eigenvalue weighted by molar-refractivity contribution is 7.99. The number of nitrogens with one attached hydrogen (secondary N) is 1. The van der Waals surface area contributed by atoms with Crippen molar-refractivity contribution in [2.24, 2.45) is 5.73 Å². The number of H-pyrrole nitrogens is 1. The van der Waals surface area contributed by atoms with Crippen LogP contribution in [-0.4, -0.2) is 27.6 Å². The molecule has 7 heteroatoms. The largest absolute Gasteiger partial charge is 0.496 e. The summed E-state index contributed by atoms with van der Waals surface area (Å²) < 4.78 is 6.94. The molecular weight excluding hydrogens is 288 g/mol. The number of hydrogen-bond donors (Lipinski definition) is 2. The Morgan fingerprint density at radius 1 is 1.52 bits per heavy atom. The summed E-state index contributed by atoms with van der Waals surface area (Å²) in [6.45, 7) is 4.51. The van der Waals surface area contributed by atoms with Gasteiger partial charge in [0.25, 0.3) is 0 Å². The Kier molecular flexibility index (Phi) is 5.08. The standard InChI is InChI=1S/C14H20N4O2S/c1-4-18-13(19)16-17-14(18)21-8-11(15)10-7-9(2)5-6-12(10)20-3/h5-7,11H,4,8,15H2,1-3H3,(H,16,19). The van der Waals surface area contributed by atoms with E-state index in [0.717, 1.165) is 16.9 Å². The quantitative estimate of drug-likeness (QED) is 0.793. The van der Waals surface area contributed by atoms with Crippen molar-refractivity contribution in [3.8, 4) is 5.75 Å². The summed E-state index contributed by atoms with van der Waals surface area (Å²) in [5.41, 5.74) is 8.17. The summed E-state index contributed by atoms with van der Waals surface area (Å²) in [4.78, 5) is 11.5. The van der Waals surface area contributed by atoms with Gasteiger partial charge in [0, 0.05) is 23.9 Å². The second-order valence-electron chi connectivity index (χ2n) is 4.72. The Bertz CT molecular complexity index is 665. The fourth-order valence-electron chi connectivity index (χ4n) is 2.09. The number of thioether (sulfide) groups is 1. The van der Waals surface area contributed by atoms with E-state index in [1.807, 2.05) is 32.0 Å². The van der Waals surface area contributed by atoms with E-state index in [1.165, 1.54) is 11.8 Å². The van der Waals surface area contributed by atoms with Gasteiger partial charge in [0.2, 0.25) is 0 Å². The van der Waals surface area contributed by atoms with Crippen LogP contribution < -0.4 is 16.2 Å². The highest BCUT2D eigenvalue weighted by atomic mass is 32.2. The molecule has 6 nitrogen and oxygen atoms in total. The molecule has 0 spiro atoms. The first kappa shape index (κ1) is 15.7. The summed E-state index contributed by atoms with van der Waals surface area (Å²) >= 11 is 1.46. The second-order valence-corrected chi connectivity index (χ2v) is 5.71. The summed E-state index contributed by atoms with van der Waals surface area (Å²) in [6, 6.07) is 5.75. The predicted molar refractivity (Wildman–Crippen MR) is 83.9 cm³/mol. The van der Waals surface area contributed by atoms with Gasteiger partial charge in [-0.15, -0.1) is 5.10 Å². The summed E-state index contributed by atoms with van der Waals surface area (Å²) in [6.07, 6.45) is 0. The van der Waals surface area contributed by atoms with Gasteiger partial charge in [-0.05, 0) is 19.9 Å². The SMILES string of the molecule is CCn1c(SCC(N)c2cc(C)ccc2OC)n[nH]c1=O. The van der Waals surface area contributed by atoms with Crippen molar-refractivity contribution in [2.75, 3.05) is 12.9 Å². The third kappa shape index (κ3) is 3.48. The molecule has 21 heavy (non-hydrogen) atoms. The van der Waals surface area contributed by atoms with Crippen LogP contribution in [0.1, 0.15) is 24.1 Å². The molecule has 1 unspecified atom stereocenters. The topological polar surface area (TPSA) is 85.9 Å². The minimum atomic E-state index is -0.193. The highest BCUT2D eigenvalue weighted by Gasteiger charge is 2.15. The first-order valence-corrected chi connectivity index (χ1v) is 7.73. The molecule has 0 amide bonds. The van der Waals surface area contributed by atoms with E-state index in [1.54, 1.807) is 11.7 Å². The van der Waals surface area contributed by atoms with E-state index in [-0.39, 0.29) is 11.7 Å². The van der Waals surface area contributed by atoms with E-state index < -0.39 is 0 Å². The molecule has 0 aliphatic rings. The lowest BCUT2D eigenvalue weighted by Gasteiger charge is -2.16. The zero-order valence-corrected chi connectivity index (χ0v) is 13.2. The average Bonchev–Trinajstić information content (AvgIpc) is 2.84. The number of hydrogen-bond acceptors (Lipinski definition) is 5. The molecule has 1 aromatic carbocycles. The zero-order valence-electron chi connectivity index (χ0n) is 12.4. The van der Waals surface area contributed by atoms with Crippen LogP contribution in [-0.2, 0) is 6.54 Å². The summed E-state index contributed by atoms with van der Waals surface area (Å²) in [5.74, 6) is 1.40. The predicted octanol–water partition coefficient (Wildman–Crippen LogP) is 1.70. The van der Waals surface area contributed by atoms with Crippen molar-refractivity contribution in [3.63, 3.8) is 0 Å². The molecule has 0 aliphatic carbocycles. The molecule has 0 saturated heterocycles. The fraction of sp³-hybridized carbons (Fsp3) is 0.429. The lowest BCUT2D eigenvalue weighted by Crippen LogP contribution is -2.18. The molecule has 2 rings (SSSR count). The van der Waals surface area contributed by atoms with Crippen molar-refractivity contribution >= 4 is 11.8 Å². The smallest absolute Gasteiger partial charge is 0.343 e. The van der Waals surface area contributed by atoms with Crippen molar-refractivity contribution < 1.29 is 4.74 Å². The monoisotopic (exact) mass is 308 g/mol. The van der Waals surface area contributed by atoms with E-state index in [2.05, 4.69) is 10.2 Å². The molecule has 0 fully saturated rings. The number of nitrogens with two attached hydrogens (primary N) is 1. The molecule has 0 aliphatic heterocycles. The number of methoxy groups -OCH3 is 1. The van der Waals surface area contributed by atoms with E-state index >= 15 is 0 Å².